The minimum atomic E-state index is -0.383. The van der Waals surface area contributed by atoms with E-state index in [9.17, 15) is 9.59 Å². The Morgan fingerprint density at radius 1 is 1.23 bits per heavy atom. The molecule has 2 aromatic rings. The predicted octanol–water partition coefficient (Wildman–Crippen LogP) is 4.03. The Kier molecular flexibility index (Phi) is 7.48. The Labute approximate surface area is 162 Å². The number of hydrogen-bond donors (Lipinski definition) is 1. The van der Waals surface area contributed by atoms with Crippen molar-refractivity contribution < 1.29 is 14.3 Å². The Morgan fingerprint density at radius 2 is 1.92 bits per heavy atom. The fourth-order valence-corrected chi connectivity index (χ4v) is 3.74. The molecule has 0 aliphatic carbocycles. The van der Waals surface area contributed by atoms with Crippen molar-refractivity contribution in [1.82, 2.24) is 10.2 Å². The quantitative estimate of drug-likeness (QED) is 0.735. The van der Waals surface area contributed by atoms with Crippen LogP contribution in [0.15, 0.2) is 36.4 Å². The first-order valence-corrected chi connectivity index (χ1v) is 9.55. The summed E-state index contributed by atoms with van der Waals surface area (Å²) >= 11 is 7.44. The molecule has 1 heterocycles. The van der Waals surface area contributed by atoms with Crippen LogP contribution in [-0.2, 0) is 16.1 Å². The number of thiophene rings is 1. The molecule has 0 saturated carbocycles. The highest BCUT2D eigenvalue weighted by molar-refractivity contribution is 7.16. The van der Waals surface area contributed by atoms with Gasteiger partial charge in [0, 0.05) is 18.3 Å². The Balaban J connectivity index is 2.11. The Hall–Kier alpha value is -2.05. The number of nitrogens with one attached hydrogen (secondary N) is 1. The van der Waals surface area contributed by atoms with Crippen molar-refractivity contribution in [2.24, 2.45) is 0 Å². The van der Waals surface area contributed by atoms with Gasteiger partial charge in [0.15, 0.2) is 0 Å². The Bertz CT molecular complexity index is 745. The number of hydrogen-bond acceptors (Lipinski definition) is 4. The van der Waals surface area contributed by atoms with Crippen molar-refractivity contribution in [3.8, 4) is 5.75 Å². The predicted molar refractivity (Wildman–Crippen MR) is 105 cm³/mol. The molecule has 0 aliphatic rings. The van der Waals surface area contributed by atoms with Gasteiger partial charge >= 0.3 is 0 Å². The number of halogens is 1. The van der Waals surface area contributed by atoms with E-state index in [0.29, 0.717) is 17.4 Å². The molecule has 0 fully saturated rings. The molecule has 1 unspecified atom stereocenters. The summed E-state index contributed by atoms with van der Waals surface area (Å²) in [4.78, 5) is 27.2. The fourth-order valence-electron chi connectivity index (χ4n) is 2.64. The highest BCUT2D eigenvalue weighted by Gasteiger charge is 2.21. The maximum absolute atomic E-state index is 12.8. The second-order valence-electron chi connectivity index (χ2n) is 5.84. The molecular weight excluding hydrogens is 372 g/mol. The number of nitrogens with zero attached hydrogens (tertiary/aromatic N) is 1. The maximum Gasteiger partial charge on any atom is 0.225 e. The smallest absolute Gasteiger partial charge is 0.225 e. The highest BCUT2D eigenvalue weighted by Crippen LogP contribution is 2.25. The SMILES string of the molecule is CCN(Cc1ccc(Cl)s1)C(=O)CC(NC(C)=O)c1ccc(OC)cc1. The number of benzene rings is 1. The van der Waals surface area contributed by atoms with E-state index < -0.39 is 0 Å². The second kappa shape index (κ2) is 9.59. The summed E-state index contributed by atoms with van der Waals surface area (Å²) in [6.07, 6.45) is 0.193. The standard InChI is InChI=1S/C19H23ClN2O3S/c1-4-22(12-16-9-10-18(20)26-16)19(24)11-17(21-13(2)23)14-5-7-15(25-3)8-6-14/h5-10,17H,4,11-12H2,1-3H3,(H,21,23). The molecule has 7 heteroatoms. The largest absolute Gasteiger partial charge is 0.497 e. The lowest BCUT2D eigenvalue weighted by atomic mass is 10.0. The monoisotopic (exact) mass is 394 g/mol. The molecule has 2 rings (SSSR count). The summed E-state index contributed by atoms with van der Waals surface area (Å²) in [5.41, 5.74) is 0.865. The van der Waals surface area contributed by atoms with Gasteiger partial charge < -0.3 is 15.0 Å². The molecule has 0 spiro atoms. The van der Waals surface area contributed by atoms with Crippen LogP contribution in [0.25, 0.3) is 0 Å². The van der Waals surface area contributed by atoms with E-state index in [4.69, 9.17) is 16.3 Å². The zero-order chi connectivity index (χ0) is 19.1. The molecule has 0 radical (unpaired) electrons. The van der Waals surface area contributed by atoms with Gasteiger partial charge in [-0.15, -0.1) is 11.3 Å². The summed E-state index contributed by atoms with van der Waals surface area (Å²) in [7, 11) is 1.60. The number of amides is 2. The first kappa shape index (κ1) is 20.3. The van der Waals surface area contributed by atoms with Crippen LogP contribution in [0.4, 0.5) is 0 Å². The number of methoxy groups -OCH3 is 1. The molecule has 1 aromatic heterocycles. The zero-order valence-corrected chi connectivity index (χ0v) is 16.7. The van der Waals surface area contributed by atoms with Crippen molar-refractivity contribution in [1.29, 1.82) is 0 Å². The van der Waals surface area contributed by atoms with Crippen LogP contribution in [0.1, 0.15) is 36.8 Å². The number of ether oxygens (including phenoxy) is 1. The molecule has 5 nitrogen and oxygen atoms in total. The molecule has 1 atom stereocenters. The van der Waals surface area contributed by atoms with Crippen LogP contribution in [0.3, 0.4) is 0 Å². The van der Waals surface area contributed by atoms with Gasteiger partial charge in [-0.2, -0.15) is 0 Å². The third kappa shape index (κ3) is 5.75. The van der Waals surface area contributed by atoms with Gasteiger partial charge in [-0.3, -0.25) is 9.59 Å². The van der Waals surface area contributed by atoms with Gasteiger partial charge in [-0.25, -0.2) is 0 Å². The zero-order valence-electron chi connectivity index (χ0n) is 15.1. The summed E-state index contributed by atoms with van der Waals surface area (Å²) in [6, 6.07) is 10.7. The van der Waals surface area contributed by atoms with E-state index in [2.05, 4.69) is 5.32 Å². The Morgan fingerprint density at radius 3 is 2.42 bits per heavy atom. The van der Waals surface area contributed by atoms with Crippen molar-refractivity contribution in [3.63, 3.8) is 0 Å². The third-order valence-electron chi connectivity index (χ3n) is 3.98. The van der Waals surface area contributed by atoms with Gasteiger partial charge in [0.05, 0.1) is 30.5 Å². The third-order valence-corrected chi connectivity index (χ3v) is 5.20. The minimum Gasteiger partial charge on any atom is -0.497 e. The fraction of sp³-hybridized carbons (Fsp3) is 0.368. The molecule has 140 valence electrons. The number of carbonyl (C=O) groups excluding carboxylic acids is 2. The van der Waals surface area contributed by atoms with Crippen molar-refractivity contribution >= 4 is 34.8 Å². The van der Waals surface area contributed by atoms with Crippen LogP contribution >= 0.6 is 22.9 Å². The first-order chi connectivity index (χ1) is 12.4. The topological polar surface area (TPSA) is 58.6 Å². The lowest BCUT2D eigenvalue weighted by Crippen LogP contribution is -2.35. The summed E-state index contributed by atoms with van der Waals surface area (Å²) in [5, 5.41) is 2.87. The summed E-state index contributed by atoms with van der Waals surface area (Å²) in [5.74, 6) is 0.532. The lowest BCUT2D eigenvalue weighted by molar-refractivity contribution is -0.132. The van der Waals surface area contributed by atoms with Gasteiger partial charge in [-0.1, -0.05) is 23.7 Å². The van der Waals surface area contributed by atoms with Crippen LogP contribution < -0.4 is 10.1 Å². The van der Waals surface area contributed by atoms with E-state index in [-0.39, 0.29) is 24.3 Å². The summed E-state index contributed by atoms with van der Waals surface area (Å²) < 4.78 is 5.87. The summed E-state index contributed by atoms with van der Waals surface area (Å²) in [6.45, 7) is 4.49. The molecule has 1 N–H and O–H groups in total. The van der Waals surface area contributed by atoms with Crippen molar-refractivity contribution in [2.75, 3.05) is 13.7 Å². The van der Waals surface area contributed by atoms with Gasteiger partial charge in [0.1, 0.15) is 5.75 Å². The average Bonchev–Trinajstić information content (AvgIpc) is 3.03. The van der Waals surface area contributed by atoms with E-state index in [1.165, 1.54) is 18.3 Å². The van der Waals surface area contributed by atoms with E-state index >= 15 is 0 Å². The van der Waals surface area contributed by atoms with E-state index in [0.717, 1.165) is 16.2 Å². The average molecular weight is 395 g/mol. The molecular formula is C19H23ClN2O3S. The van der Waals surface area contributed by atoms with Gasteiger partial charge in [0.25, 0.3) is 0 Å². The maximum atomic E-state index is 12.8. The molecule has 1 aromatic carbocycles. The van der Waals surface area contributed by atoms with E-state index in [1.807, 2.05) is 43.3 Å². The first-order valence-electron chi connectivity index (χ1n) is 8.36. The molecule has 26 heavy (non-hydrogen) atoms. The van der Waals surface area contributed by atoms with Crippen molar-refractivity contribution in [2.45, 2.75) is 32.9 Å². The van der Waals surface area contributed by atoms with Gasteiger partial charge in [-0.05, 0) is 36.8 Å². The van der Waals surface area contributed by atoms with Crippen LogP contribution in [0.5, 0.6) is 5.75 Å². The van der Waals surface area contributed by atoms with Crippen LogP contribution in [0.2, 0.25) is 4.34 Å². The van der Waals surface area contributed by atoms with Crippen LogP contribution in [0, 0.1) is 0 Å². The minimum absolute atomic E-state index is 0.0217. The van der Waals surface area contributed by atoms with Crippen molar-refractivity contribution in [3.05, 3.63) is 51.2 Å². The lowest BCUT2D eigenvalue weighted by Gasteiger charge is -2.24. The molecule has 0 saturated heterocycles. The number of rotatable bonds is 8. The molecule has 0 aliphatic heterocycles. The normalized spacial score (nSPS) is 11.7. The van der Waals surface area contributed by atoms with Gasteiger partial charge in [0.2, 0.25) is 11.8 Å². The highest BCUT2D eigenvalue weighted by atomic mass is 35.5. The van der Waals surface area contributed by atoms with E-state index in [1.54, 1.807) is 12.0 Å². The second-order valence-corrected chi connectivity index (χ2v) is 7.64. The number of carbonyl (C=O) groups is 2. The molecule has 0 bridgehead atoms. The molecule has 2 amide bonds. The van der Waals surface area contributed by atoms with Crippen LogP contribution in [-0.4, -0.2) is 30.4 Å².